The molecule has 1 aliphatic heterocycles. The fourth-order valence-electron chi connectivity index (χ4n) is 1.99. The van der Waals surface area contributed by atoms with Crippen LogP contribution in [0.3, 0.4) is 0 Å². The van der Waals surface area contributed by atoms with Crippen LogP contribution in [0.5, 0.6) is 11.5 Å². The summed E-state index contributed by atoms with van der Waals surface area (Å²) < 4.78 is 11.0. The average molecular weight is 280 g/mol. The third-order valence-electron chi connectivity index (χ3n) is 3.07. The lowest BCUT2D eigenvalue weighted by Crippen LogP contribution is -2.25. The summed E-state index contributed by atoms with van der Waals surface area (Å²) in [5, 5.41) is 11.5. The summed E-state index contributed by atoms with van der Waals surface area (Å²) in [6, 6.07) is 14.6. The average Bonchev–Trinajstić information content (AvgIpc) is 2.53. The minimum absolute atomic E-state index is 0.0401. The van der Waals surface area contributed by atoms with Crippen molar-refractivity contribution in [3.63, 3.8) is 0 Å². The second kappa shape index (κ2) is 5.55. The lowest BCUT2D eigenvalue weighted by Gasteiger charge is -2.18. The Morgan fingerprint density at radius 2 is 2.05 bits per heavy atom. The van der Waals surface area contributed by atoms with E-state index in [-0.39, 0.29) is 12.5 Å². The molecule has 2 aromatic carbocycles. The van der Waals surface area contributed by atoms with Gasteiger partial charge in [-0.3, -0.25) is 4.79 Å². The van der Waals surface area contributed by atoms with E-state index in [1.54, 1.807) is 30.3 Å². The van der Waals surface area contributed by atoms with Crippen molar-refractivity contribution in [2.75, 3.05) is 11.9 Å². The van der Waals surface area contributed by atoms with Gasteiger partial charge < -0.3 is 14.8 Å². The topological polar surface area (TPSA) is 71.3 Å². The van der Waals surface area contributed by atoms with E-state index in [1.807, 2.05) is 12.1 Å². The molecule has 0 bridgehead atoms. The van der Waals surface area contributed by atoms with E-state index >= 15 is 0 Å². The molecule has 1 heterocycles. The van der Waals surface area contributed by atoms with Crippen LogP contribution in [0, 0.1) is 11.3 Å². The molecule has 0 fully saturated rings. The Labute approximate surface area is 121 Å². The number of nitriles is 1. The first kappa shape index (κ1) is 13.0. The van der Waals surface area contributed by atoms with Gasteiger partial charge in [-0.05, 0) is 29.8 Å². The predicted octanol–water partition coefficient (Wildman–Crippen LogP) is 2.47. The molecular weight excluding hydrogens is 268 g/mol. The molecule has 1 N–H and O–H groups in total. The lowest BCUT2D eigenvalue weighted by atomic mass is 10.1. The van der Waals surface area contributed by atoms with Gasteiger partial charge in [0.05, 0.1) is 17.3 Å². The zero-order chi connectivity index (χ0) is 14.7. The van der Waals surface area contributed by atoms with Crippen molar-refractivity contribution in [3.8, 4) is 17.6 Å². The third-order valence-corrected chi connectivity index (χ3v) is 3.07. The first-order chi connectivity index (χ1) is 10.2. The van der Waals surface area contributed by atoms with Gasteiger partial charge in [-0.2, -0.15) is 5.26 Å². The number of nitrogens with zero attached hydrogens (tertiary/aromatic N) is 1. The predicted molar refractivity (Wildman–Crippen MR) is 76.1 cm³/mol. The fourth-order valence-corrected chi connectivity index (χ4v) is 1.99. The highest BCUT2D eigenvalue weighted by Gasteiger charge is 2.16. The minimum atomic E-state index is -0.174. The summed E-state index contributed by atoms with van der Waals surface area (Å²) in [5.41, 5.74) is 2.20. The molecule has 0 aromatic heterocycles. The first-order valence-corrected chi connectivity index (χ1v) is 6.43. The molecule has 104 valence electrons. The van der Waals surface area contributed by atoms with Crippen LogP contribution in [-0.2, 0) is 11.4 Å². The number of hydrogen-bond acceptors (Lipinski definition) is 4. The van der Waals surface area contributed by atoms with Gasteiger partial charge in [0.15, 0.2) is 6.61 Å². The van der Waals surface area contributed by atoms with Crippen LogP contribution in [0.4, 0.5) is 5.69 Å². The SMILES string of the molecule is N#Cc1ccc(COc2ccc3c(c2)NC(=O)CO3)cc1. The quantitative estimate of drug-likeness (QED) is 0.937. The third kappa shape index (κ3) is 2.95. The van der Waals surface area contributed by atoms with Gasteiger partial charge in [0.1, 0.15) is 18.1 Å². The molecule has 5 heteroatoms. The Morgan fingerprint density at radius 1 is 1.24 bits per heavy atom. The van der Waals surface area contributed by atoms with Gasteiger partial charge in [0.25, 0.3) is 5.91 Å². The van der Waals surface area contributed by atoms with Crippen LogP contribution in [0.1, 0.15) is 11.1 Å². The zero-order valence-electron chi connectivity index (χ0n) is 11.1. The summed E-state index contributed by atoms with van der Waals surface area (Å²) >= 11 is 0. The number of nitrogens with one attached hydrogen (secondary N) is 1. The van der Waals surface area contributed by atoms with Gasteiger partial charge >= 0.3 is 0 Å². The van der Waals surface area contributed by atoms with Crippen molar-refractivity contribution < 1.29 is 14.3 Å². The van der Waals surface area contributed by atoms with E-state index in [0.717, 1.165) is 5.56 Å². The van der Waals surface area contributed by atoms with Crippen LogP contribution >= 0.6 is 0 Å². The van der Waals surface area contributed by atoms with Crippen molar-refractivity contribution >= 4 is 11.6 Å². The summed E-state index contributed by atoms with van der Waals surface area (Å²) in [6.07, 6.45) is 0. The highest BCUT2D eigenvalue weighted by molar-refractivity contribution is 5.95. The van der Waals surface area contributed by atoms with Crippen LogP contribution in [-0.4, -0.2) is 12.5 Å². The normalized spacial score (nSPS) is 12.6. The van der Waals surface area contributed by atoms with E-state index in [4.69, 9.17) is 14.7 Å². The second-order valence-electron chi connectivity index (χ2n) is 4.59. The van der Waals surface area contributed by atoms with Crippen molar-refractivity contribution in [3.05, 3.63) is 53.6 Å². The molecule has 5 nitrogen and oxygen atoms in total. The Bertz CT molecular complexity index is 717. The summed E-state index contributed by atoms with van der Waals surface area (Å²) in [4.78, 5) is 11.3. The van der Waals surface area contributed by atoms with E-state index in [9.17, 15) is 4.79 Å². The number of rotatable bonds is 3. The Hall–Kier alpha value is -3.00. The number of carbonyl (C=O) groups is 1. The molecular formula is C16H12N2O3. The van der Waals surface area contributed by atoms with Crippen molar-refractivity contribution in [1.29, 1.82) is 5.26 Å². The summed E-state index contributed by atoms with van der Waals surface area (Å²) in [7, 11) is 0. The van der Waals surface area contributed by atoms with Gasteiger partial charge in [0, 0.05) is 6.07 Å². The fraction of sp³-hybridized carbons (Fsp3) is 0.125. The van der Waals surface area contributed by atoms with Crippen LogP contribution in [0.15, 0.2) is 42.5 Å². The molecule has 0 saturated carbocycles. The minimum Gasteiger partial charge on any atom is -0.489 e. The molecule has 21 heavy (non-hydrogen) atoms. The second-order valence-corrected chi connectivity index (χ2v) is 4.59. The van der Waals surface area contributed by atoms with Crippen molar-refractivity contribution in [2.24, 2.45) is 0 Å². The highest BCUT2D eigenvalue weighted by Crippen LogP contribution is 2.31. The number of amides is 1. The summed E-state index contributed by atoms with van der Waals surface area (Å²) in [5.74, 6) is 1.11. The first-order valence-electron chi connectivity index (χ1n) is 6.43. The molecule has 0 atom stereocenters. The van der Waals surface area contributed by atoms with Crippen LogP contribution < -0.4 is 14.8 Å². The molecule has 1 aliphatic rings. The standard InChI is InChI=1S/C16H12N2O3/c17-8-11-1-3-12(4-2-11)9-20-13-5-6-15-14(7-13)18-16(19)10-21-15/h1-7H,9-10H2,(H,18,19). The molecule has 2 aromatic rings. The van der Waals surface area contributed by atoms with E-state index in [1.165, 1.54) is 0 Å². The molecule has 0 radical (unpaired) electrons. The molecule has 0 unspecified atom stereocenters. The van der Waals surface area contributed by atoms with E-state index in [0.29, 0.717) is 29.4 Å². The van der Waals surface area contributed by atoms with Crippen molar-refractivity contribution in [1.82, 2.24) is 0 Å². The van der Waals surface area contributed by atoms with Crippen molar-refractivity contribution in [2.45, 2.75) is 6.61 Å². The van der Waals surface area contributed by atoms with E-state index < -0.39 is 0 Å². The Morgan fingerprint density at radius 3 is 2.81 bits per heavy atom. The molecule has 0 saturated heterocycles. The largest absolute Gasteiger partial charge is 0.489 e. The van der Waals surface area contributed by atoms with Gasteiger partial charge in [0.2, 0.25) is 0 Å². The van der Waals surface area contributed by atoms with Crippen LogP contribution in [0.2, 0.25) is 0 Å². The number of anilines is 1. The molecule has 0 aliphatic carbocycles. The Kier molecular flexibility index (Phi) is 3.44. The maximum atomic E-state index is 11.3. The van der Waals surface area contributed by atoms with Gasteiger partial charge in [-0.1, -0.05) is 12.1 Å². The maximum Gasteiger partial charge on any atom is 0.262 e. The van der Waals surface area contributed by atoms with Gasteiger partial charge in [-0.15, -0.1) is 0 Å². The number of carbonyl (C=O) groups excluding carboxylic acids is 1. The van der Waals surface area contributed by atoms with Gasteiger partial charge in [-0.25, -0.2) is 0 Å². The Balaban J connectivity index is 1.69. The number of benzene rings is 2. The van der Waals surface area contributed by atoms with Crippen LogP contribution in [0.25, 0.3) is 0 Å². The summed E-state index contributed by atoms with van der Waals surface area (Å²) in [6.45, 7) is 0.428. The number of fused-ring (bicyclic) bond motifs is 1. The lowest BCUT2D eigenvalue weighted by molar-refractivity contribution is -0.118. The molecule has 3 rings (SSSR count). The maximum absolute atomic E-state index is 11.3. The molecule has 1 amide bonds. The highest BCUT2D eigenvalue weighted by atomic mass is 16.5. The zero-order valence-corrected chi connectivity index (χ0v) is 11.1. The smallest absolute Gasteiger partial charge is 0.262 e. The number of ether oxygens (including phenoxy) is 2. The van der Waals surface area contributed by atoms with E-state index in [2.05, 4.69) is 11.4 Å². The number of hydrogen-bond donors (Lipinski definition) is 1. The molecule has 0 spiro atoms. The monoisotopic (exact) mass is 280 g/mol.